The van der Waals surface area contributed by atoms with Gasteiger partial charge >= 0.3 is 0 Å². The van der Waals surface area contributed by atoms with Crippen molar-refractivity contribution in [2.75, 3.05) is 33.5 Å². The summed E-state index contributed by atoms with van der Waals surface area (Å²) in [6, 6.07) is 0. The Kier molecular flexibility index (Phi) is 6.34. The van der Waals surface area contributed by atoms with Crippen LogP contribution in [0.1, 0.15) is 18.4 Å². The van der Waals surface area contributed by atoms with Crippen LogP contribution in [0.4, 0.5) is 0 Å². The van der Waals surface area contributed by atoms with Crippen LogP contribution in [0.2, 0.25) is 0 Å². The summed E-state index contributed by atoms with van der Waals surface area (Å²) in [5.74, 6) is 0. The molecule has 0 saturated heterocycles. The summed E-state index contributed by atoms with van der Waals surface area (Å²) in [4.78, 5) is 0. The van der Waals surface area contributed by atoms with Crippen LogP contribution in [0.5, 0.6) is 0 Å². The number of aliphatic hydroxyl groups excluding tert-OH is 2. The second-order valence-corrected chi connectivity index (χ2v) is 6.21. The van der Waals surface area contributed by atoms with E-state index in [-0.39, 0.29) is 5.41 Å². The normalized spacial score (nSPS) is 28.4. The highest BCUT2D eigenvalue weighted by Gasteiger charge is 2.44. The maximum atomic E-state index is 9.88. The Morgan fingerprint density at radius 3 is 2.68 bits per heavy atom. The molecular weight excluding hydrogens is 286 g/mol. The smallest absolute Gasteiger partial charge is 0.0806 e. The number of rotatable bonds is 9. The lowest BCUT2D eigenvalue weighted by molar-refractivity contribution is 0.0111. The number of hydrogen-bond acceptors (Lipinski definition) is 6. The summed E-state index contributed by atoms with van der Waals surface area (Å²) < 4.78 is 12.4. The number of aliphatic hydroxyl groups is 2. The van der Waals surface area contributed by atoms with E-state index in [9.17, 15) is 10.2 Å². The van der Waals surface area contributed by atoms with E-state index in [1.54, 1.807) is 11.8 Å². The van der Waals surface area contributed by atoms with Gasteiger partial charge in [-0.25, -0.2) is 0 Å². The predicted octanol–water partition coefficient (Wildman–Crippen LogP) is -0.325. The van der Waals surface area contributed by atoms with Crippen molar-refractivity contribution in [1.29, 1.82) is 0 Å². The van der Waals surface area contributed by atoms with Gasteiger partial charge < -0.3 is 25.0 Å². The molecule has 1 aromatic heterocycles. The van der Waals surface area contributed by atoms with Gasteiger partial charge in [0.15, 0.2) is 0 Å². The van der Waals surface area contributed by atoms with Crippen molar-refractivity contribution < 1.29 is 19.7 Å². The summed E-state index contributed by atoms with van der Waals surface area (Å²) in [5.41, 5.74) is 0.867. The van der Waals surface area contributed by atoms with Crippen molar-refractivity contribution in [3.63, 3.8) is 0 Å². The maximum absolute atomic E-state index is 9.88. The molecule has 2 atom stereocenters. The number of hydrogen-bond donors (Lipinski definition) is 3. The lowest BCUT2D eigenvalue weighted by atomic mass is 9.86. The van der Waals surface area contributed by atoms with E-state index in [0.29, 0.717) is 45.8 Å². The minimum atomic E-state index is -0.675. The molecule has 0 aliphatic heterocycles. The average Bonchev–Trinajstić information content (AvgIpc) is 3.00. The molecule has 1 aliphatic rings. The fourth-order valence-corrected chi connectivity index (χ4v) is 3.02. The minimum Gasteiger partial charge on any atom is -0.390 e. The topological polar surface area (TPSA) is 88.8 Å². The van der Waals surface area contributed by atoms with E-state index in [4.69, 9.17) is 9.47 Å². The largest absolute Gasteiger partial charge is 0.390 e. The van der Waals surface area contributed by atoms with Crippen molar-refractivity contribution in [1.82, 2.24) is 15.1 Å². The van der Waals surface area contributed by atoms with Crippen molar-refractivity contribution in [2.24, 2.45) is 12.5 Å². The van der Waals surface area contributed by atoms with Gasteiger partial charge in [0.25, 0.3) is 0 Å². The molecule has 0 bridgehead atoms. The quantitative estimate of drug-likeness (QED) is 0.541. The second-order valence-electron chi connectivity index (χ2n) is 6.21. The molecular formula is C15H27N3O4. The molecule has 2 unspecified atom stereocenters. The Hall–Kier alpha value is -0.990. The molecule has 0 spiro atoms. The first kappa shape index (κ1) is 17.4. The molecule has 22 heavy (non-hydrogen) atoms. The van der Waals surface area contributed by atoms with E-state index in [2.05, 4.69) is 10.4 Å². The van der Waals surface area contributed by atoms with Gasteiger partial charge in [-0.05, 0) is 12.8 Å². The Morgan fingerprint density at radius 2 is 2.09 bits per heavy atom. The Balaban J connectivity index is 1.84. The molecule has 3 N–H and O–H groups in total. The van der Waals surface area contributed by atoms with Crippen LogP contribution in [0.15, 0.2) is 12.4 Å². The fraction of sp³-hybridized carbons (Fsp3) is 0.800. The second kappa shape index (κ2) is 8.03. The number of aryl methyl sites for hydroxylation is 1. The highest BCUT2D eigenvalue weighted by molar-refractivity contribution is 5.03. The molecule has 7 heteroatoms. The first-order valence-electron chi connectivity index (χ1n) is 7.66. The number of nitrogens with zero attached hydrogens (tertiary/aromatic N) is 2. The average molecular weight is 313 g/mol. The summed E-state index contributed by atoms with van der Waals surface area (Å²) in [6.07, 6.45) is 3.53. The zero-order valence-corrected chi connectivity index (χ0v) is 13.4. The molecule has 1 heterocycles. The van der Waals surface area contributed by atoms with Crippen molar-refractivity contribution in [3.05, 3.63) is 18.0 Å². The Labute approximate surface area is 131 Å². The first-order valence-corrected chi connectivity index (χ1v) is 7.66. The van der Waals surface area contributed by atoms with E-state index >= 15 is 0 Å². The first-order chi connectivity index (χ1) is 10.5. The van der Waals surface area contributed by atoms with Crippen LogP contribution < -0.4 is 5.32 Å². The predicted molar refractivity (Wildman–Crippen MR) is 81.3 cm³/mol. The standard InChI is InChI=1S/C15H27N3O4/c1-18-9-12(8-17-18)7-16-10-15(11-22-4-3-21-2)5-13(19)14(20)6-15/h8-9,13-14,16,19-20H,3-7,10-11H2,1-2H3. The zero-order valence-electron chi connectivity index (χ0n) is 13.4. The van der Waals surface area contributed by atoms with Crippen LogP contribution in [0, 0.1) is 5.41 Å². The molecule has 1 fully saturated rings. The molecule has 1 aromatic rings. The van der Waals surface area contributed by atoms with Gasteiger partial charge in [0.1, 0.15) is 0 Å². The minimum absolute atomic E-state index is 0.241. The van der Waals surface area contributed by atoms with Gasteiger partial charge in [0.2, 0.25) is 0 Å². The van der Waals surface area contributed by atoms with Crippen LogP contribution in [0.25, 0.3) is 0 Å². The van der Waals surface area contributed by atoms with Gasteiger partial charge in [0, 0.05) is 44.4 Å². The third-order valence-corrected chi connectivity index (χ3v) is 4.16. The number of methoxy groups -OCH3 is 1. The van der Waals surface area contributed by atoms with Crippen LogP contribution in [0.3, 0.4) is 0 Å². The monoisotopic (exact) mass is 313 g/mol. The molecule has 1 aliphatic carbocycles. The highest BCUT2D eigenvalue weighted by Crippen LogP contribution is 2.38. The van der Waals surface area contributed by atoms with Gasteiger partial charge in [-0.3, -0.25) is 4.68 Å². The van der Waals surface area contributed by atoms with Gasteiger partial charge in [-0.15, -0.1) is 0 Å². The highest BCUT2D eigenvalue weighted by atomic mass is 16.5. The molecule has 0 amide bonds. The molecule has 0 radical (unpaired) electrons. The molecule has 2 rings (SSSR count). The molecule has 126 valence electrons. The molecule has 0 aromatic carbocycles. The summed E-state index contributed by atoms with van der Waals surface area (Å²) in [5, 5.41) is 27.3. The van der Waals surface area contributed by atoms with Crippen LogP contribution >= 0.6 is 0 Å². The third-order valence-electron chi connectivity index (χ3n) is 4.16. The molecule has 1 saturated carbocycles. The summed E-state index contributed by atoms with van der Waals surface area (Å²) >= 11 is 0. The lowest BCUT2D eigenvalue weighted by Crippen LogP contribution is -2.37. The van der Waals surface area contributed by atoms with E-state index in [1.165, 1.54) is 0 Å². The van der Waals surface area contributed by atoms with Crippen LogP contribution in [-0.2, 0) is 23.1 Å². The third kappa shape index (κ3) is 4.76. The van der Waals surface area contributed by atoms with Crippen molar-refractivity contribution in [2.45, 2.75) is 31.6 Å². The van der Waals surface area contributed by atoms with Crippen LogP contribution in [-0.4, -0.2) is 65.7 Å². The SMILES string of the molecule is COCCOCC1(CNCc2cnn(C)c2)CC(O)C(O)C1. The molecule has 7 nitrogen and oxygen atoms in total. The van der Waals surface area contributed by atoms with E-state index in [1.807, 2.05) is 19.4 Å². The van der Waals surface area contributed by atoms with Gasteiger partial charge in [-0.1, -0.05) is 0 Å². The number of ether oxygens (including phenoxy) is 2. The number of aromatic nitrogens is 2. The maximum Gasteiger partial charge on any atom is 0.0806 e. The summed E-state index contributed by atoms with van der Waals surface area (Å²) in [7, 11) is 3.52. The Bertz CT molecular complexity index is 442. The van der Waals surface area contributed by atoms with Gasteiger partial charge in [-0.2, -0.15) is 5.10 Å². The fourth-order valence-electron chi connectivity index (χ4n) is 3.02. The van der Waals surface area contributed by atoms with E-state index in [0.717, 1.165) is 5.56 Å². The van der Waals surface area contributed by atoms with E-state index < -0.39 is 12.2 Å². The summed E-state index contributed by atoms with van der Waals surface area (Å²) in [6.45, 7) is 2.96. The van der Waals surface area contributed by atoms with Crippen molar-refractivity contribution in [3.8, 4) is 0 Å². The lowest BCUT2D eigenvalue weighted by Gasteiger charge is -2.29. The Morgan fingerprint density at radius 1 is 1.36 bits per heavy atom. The zero-order chi connectivity index (χ0) is 16.0. The van der Waals surface area contributed by atoms with Gasteiger partial charge in [0.05, 0.1) is 38.2 Å². The number of nitrogens with one attached hydrogen (secondary N) is 1. The van der Waals surface area contributed by atoms with Crippen molar-refractivity contribution >= 4 is 0 Å².